The molecule has 2 heterocycles. The monoisotopic (exact) mass is 478 g/mol. The molecule has 170 valence electrons. The van der Waals surface area contributed by atoms with Gasteiger partial charge >= 0.3 is 0 Å². The number of nitrogens with zero attached hydrogens (tertiary/aromatic N) is 1. The lowest BCUT2D eigenvalue weighted by molar-refractivity contribution is 0.122. The van der Waals surface area contributed by atoms with Gasteiger partial charge in [-0.05, 0) is 48.9 Å². The lowest BCUT2D eigenvalue weighted by Crippen LogP contribution is -2.37. The van der Waals surface area contributed by atoms with Crippen LogP contribution in [0, 0.1) is 6.92 Å². The van der Waals surface area contributed by atoms with Gasteiger partial charge in [0.15, 0.2) is 0 Å². The molecule has 1 aliphatic heterocycles. The number of pyridine rings is 1. The van der Waals surface area contributed by atoms with Gasteiger partial charge in [-0.15, -0.1) is 0 Å². The fourth-order valence-corrected chi connectivity index (χ4v) is 5.56. The van der Waals surface area contributed by atoms with Crippen LogP contribution in [0.5, 0.6) is 0 Å². The maximum atomic E-state index is 13.4. The number of sulfonamides is 2. The minimum absolute atomic E-state index is 0.204. The van der Waals surface area contributed by atoms with E-state index in [2.05, 4.69) is 9.71 Å². The SMILES string of the molecule is Cc1cc(=O)[nH]c2ccc(NS(=O)(=O)c3cc(S(N)(=O)=O)ccc3N3CCOCC3)cc12. The number of nitrogens with two attached hydrogens (primary N) is 1. The Morgan fingerprint density at radius 2 is 1.75 bits per heavy atom. The topological polar surface area (TPSA) is 152 Å². The summed E-state index contributed by atoms with van der Waals surface area (Å²) in [6.45, 7) is 3.51. The predicted molar refractivity (Wildman–Crippen MR) is 121 cm³/mol. The first-order valence-electron chi connectivity index (χ1n) is 9.71. The number of morpholine rings is 1. The highest BCUT2D eigenvalue weighted by molar-refractivity contribution is 7.93. The second-order valence-corrected chi connectivity index (χ2v) is 10.7. The summed E-state index contributed by atoms with van der Waals surface area (Å²) in [4.78, 5) is 15.7. The molecule has 0 radical (unpaired) electrons. The van der Waals surface area contributed by atoms with Crippen molar-refractivity contribution in [1.82, 2.24) is 4.98 Å². The van der Waals surface area contributed by atoms with E-state index in [1.54, 1.807) is 19.1 Å². The summed E-state index contributed by atoms with van der Waals surface area (Å²) in [5.74, 6) is 0. The van der Waals surface area contributed by atoms with E-state index in [0.717, 1.165) is 6.07 Å². The molecule has 1 saturated heterocycles. The molecule has 0 aliphatic carbocycles. The van der Waals surface area contributed by atoms with Gasteiger partial charge in [0.05, 0.1) is 23.8 Å². The Morgan fingerprint density at radius 1 is 1.03 bits per heavy atom. The normalized spacial score (nSPS) is 15.1. The lowest BCUT2D eigenvalue weighted by atomic mass is 10.1. The summed E-state index contributed by atoms with van der Waals surface area (Å²) in [5.41, 5.74) is 1.63. The summed E-state index contributed by atoms with van der Waals surface area (Å²) >= 11 is 0. The van der Waals surface area contributed by atoms with Gasteiger partial charge in [-0.2, -0.15) is 0 Å². The Hall–Kier alpha value is -2.93. The quantitative estimate of drug-likeness (QED) is 0.497. The number of aromatic amines is 1. The molecule has 0 bridgehead atoms. The fraction of sp³-hybridized carbons (Fsp3) is 0.250. The molecule has 0 spiro atoms. The van der Waals surface area contributed by atoms with Gasteiger partial charge in [-0.25, -0.2) is 22.0 Å². The first kappa shape index (κ1) is 22.3. The smallest absolute Gasteiger partial charge is 0.264 e. The van der Waals surface area contributed by atoms with Crippen molar-refractivity contribution in [3.05, 3.63) is 58.4 Å². The maximum absolute atomic E-state index is 13.4. The molecule has 2 aromatic carbocycles. The molecule has 0 saturated carbocycles. The van der Waals surface area contributed by atoms with Crippen LogP contribution in [0.3, 0.4) is 0 Å². The number of primary sulfonamides is 1. The van der Waals surface area contributed by atoms with E-state index in [-0.39, 0.29) is 21.0 Å². The van der Waals surface area contributed by atoms with Crippen molar-refractivity contribution in [2.45, 2.75) is 16.7 Å². The van der Waals surface area contributed by atoms with Gasteiger partial charge in [0.2, 0.25) is 15.6 Å². The molecule has 0 atom stereocenters. The molecule has 1 aliphatic rings. The van der Waals surface area contributed by atoms with Crippen molar-refractivity contribution < 1.29 is 21.6 Å². The van der Waals surface area contributed by atoms with Gasteiger partial charge in [0.1, 0.15) is 4.90 Å². The Morgan fingerprint density at radius 3 is 2.44 bits per heavy atom. The molecule has 4 N–H and O–H groups in total. The Balaban J connectivity index is 1.80. The second kappa shape index (κ2) is 8.20. The number of benzene rings is 2. The molecule has 32 heavy (non-hydrogen) atoms. The van der Waals surface area contributed by atoms with E-state index in [9.17, 15) is 21.6 Å². The summed E-state index contributed by atoms with van der Waals surface area (Å²) in [6, 6.07) is 9.94. The summed E-state index contributed by atoms with van der Waals surface area (Å²) in [5, 5.41) is 5.91. The molecule has 4 rings (SSSR count). The molecular weight excluding hydrogens is 456 g/mol. The summed E-state index contributed by atoms with van der Waals surface area (Å²) in [7, 11) is -8.30. The van der Waals surface area contributed by atoms with Gasteiger partial charge in [-0.1, -0.05) is 0 Å². The molecule has 12 heteroatoms. The van der Waals surface area contributed by atoms with Crippen LogP contribution >= 0.6 is 0 Å². The van der Waals surface area contributed by atoms with Gasteiger partial charge in [0.25, 0.3) is 10.0 Å². The zero-order chi connectivity index (χ0) is 23.1. The third-order valence-electron chi connectivity index (χ3n) is 5.20. The number of anilines is 2. The number of aromatic nitrogens is 1. The van der Waals surface area contributed by atoms with Crippen LogP contribution < -0.4 is 20.3 Å². The first-order valence-corrected chi connectivity index (χ1v) is 12.7. The van der Waals surface area contributed by atoms with Crippen LogP contribution in [0.15, 0.2) is 57.1 Å². The first-order chi connectivity index (χ1) is 15.0. The average molecular weight is 479 g/mol. The summed E-state index contributed by atoms with van der Waals surface area (Å²) < 4.78 is 58.3. The highest BCUT2D eigenvalue weighted by Gasteiger charge is 2.26. The van der Waals surface area contributed by atoms with Crippen molar-refractivity contribution in [2.75, 3.05) is 35.9 Å². The number of hydrogen-bond donors (Lipinski definition) is 3. The van der Waals surface area contributed by atoms with E-state index >= 15 is 0 Å². The van der Waals surface area contributed by atoms with Gasteiger partial charge < -0.3 is 14.6 Å². The van der Waals surface area contributed by atoms with E-state index in [1.807, 2.05) is 4.90 Å². The van der Waals surface area contributed by atoms with Crippen LogP contribution in [-0.2, 0) is 24.8 Å². The zero-order valence-corrected chi connectivity index (χ0v) is 18.8. The van der Waals surface area contributed by atoms with Gasteiger partial charge in [0, 0.05) is 35.7 Å². The van der Waals surface area contributed by atoms with Crippen molar-refractivity contribution >= 4 is 42.3 Å². The zero-order valence-electron chi connectivity index (χ0n) is 17.2. The van der Waals surface area contributed by atoms with Crippen molar-refractivity contribution in [2.24, 2.45) is 5.14 Å². The molecule has 0 unspecified atom stereocenters. The largest absolute Gasteiger partial charge is 0.378 e. The Labute approximate surface area is 185 Å². The Kier molecular flexibility index (Phi) is 5.71. The Bertz CT molecular complexity index is 1460. The molecular formula is C20H22N4O6S2. The van der Waals surface area contributed by atoms with E-state index in [4.69, 9.17) is 9.88 Å². The van der Waals surface area contributed by atoms with Gasteiger partial charge in [-0.3, -0.25) is 9.52 Å². The average Bonchev–Trinajstić information content (AvgIpc) is 2.73. The molecule has 1 aromatic heterocycles. The molecule has 10 nitrogen and oxygen atoms in total. The standard InChI is InChI=1S/C20H22N4O6S2/c1-13-10-20(25)22-17-4-2-14(11-16(13)17)23-32(28,29)19-12-15(31(21,26)27)3-5-18(19)24-6-8-30-9-7-24/h2-5,10-12,23H,6-9H2,1H3,(H,22,25)(H2,21,26,27). The number of ether oxygens (including phenoxy) is 1. The number of nitrogens with one attached hydrogen (secondary N) is 2. The molecule has 0 amide bonds. The highest BCUT2D eigenvalue weighted by atomic mass is 32.2. The third-order valence-corrected chi connectivity index (χ3v) is 7.52. The minimum atomic E-state index is -4.19. The number of aryl methyl sites for hydroxylation is 1. The van der Waals surface area contributed by atoms with Crippen LogP contribution in [-0.4, -0.2) is 48.1 Å². The molecule has 3 aromatic rings. The highest BCUT2D eigenvalue weighted by Crippen LogP contribution is 2.31. The fourth-order valence-electron chi connectivity index (χ4n) is 3.65. The number of fused-ring (bicyclic) bond motifs is 1. The van der Waals surface area contributed by atoms with Crippen LogP contribution in [0.4, 0.5) is 11.4 Å². The van der Waals surface area contributed by atoms with E-state index < -0.39 is 20.0 Å². The number of rotatable bonds is 5. The maximum Gasteiger partial charge on any atom is 0.264 e. The number of hydrogen-bond acceptors (Lipinski definition) is 7. The van der Waals surface area contributed by atoms with Crippen molar-refractivity contribution in [1.29, 1.82) is 0 Å². The molecule has 1 fully saturated rings. The minimum Gasteiger partial charge on any atom is -0.378 e. The van der Waals surface area contributed by atoms with Crippen molar-refractivity contribution in [3.63, 3.8) is 0 Å². The van der Waals surface area contributed by atoms with Crippen LogP contribution in [0.2, 0.25) is 0 Å². The summed E-state index contributed by atoms with van der Waals surface area (Å²) in [6.07, 6.45) is 0. The van der Waals surface area contributed by atoms with E-state index in [1.165, 1.54) is 24.3 Å². The number of H-pyrrole nitrogens is 1. The third kappa shape index (κ3) is 4.48. The second-order valence-electron chi connectivity index (χ2n) is 7.46. The van der Waals surface area contributed by atoms with Crippen LogP contribution in [0.25, 0.3) is 10.9 Å². The predicted octanol–water partition coefficient (Wildman–Crippen LogP) is 1.12. The van der Waals surface area contributed by atoms with Crippen LogP contribution in [0.1, 0.15) is 5.56 Å². The lowest BCUT2D eigenvalue weighted by Gasteiger charge is -2.30. The van der Waals surface area contributed by atoms with E-state index in [0.29, 0.717) is 48.5 Å². The van der Waals surface area contributed by atoms with Crippen molar-refractivity contribution in [3.8, 4) is 0 Å².